The van der Waals surface area contributed by atoms with E-state index in [4.69, 9.17) is 11.6 Å². The van der Waals surface area contributed by atoms with Gasteiger partial charge in [-0.05, 0) is 43.2 Å². The quantitative estimate of drug-likeness (QED) is 0.690. The summed E-state index contributed by atoms with van der Waals surface area (Å²) in [5.74, 6) is 0.379. The Kier molecular flexibility index (Phi) is 5.31. The zero-order valence-electron chi connectivity index (χ0n) is 15.5. The fourth-order valence-electron chi connectivity index (χ4n) is 3.57. The molecule has 8 heteroatoms. The fourth-order valence-corrected chi connectivity index (χ4v) is 3.81. The van der Waals surface area contributed by atoms with Gasteiger partial charge < -0.3 is 15.0 Å². The Morgan fingerprint density at radius 1 is 1.17 bits per heavy atom. The molecule has 0 atom stereocenters. The van der Waals surface area contributed by atoms with Crippen LogP contribution in [0.15, 0.2) is 53.6 Å². The summed E-state index contributed by atoms with van der Waals surface area (Å²) in [5, 5.41) is 9.70. The van der Waals surface area contributed by atoms with Crippen LogP contribution in [0.3, 0.4) is 0 Å². The van der Waals surface area contributed by atoms with Crippen LogP contribution in [0.2, 0.25) is 5.02 Å². The number of aromatic nitrogens is 3. The van der Waals surface area contributed by atoms with Crippen LogP contribution in [-0.2, 0) is 0 Å². The predicted molar refractivity (Wildman–Crippen MR) is 109 cm³/mol. The molecule has 0 unspecified atom stereocenters. The van der Waals surface area contributed by atoms with Crippen LogP contribution >= 0.6 is 11.6 Å². The Morgan fingerprint density at radius 3 is 2.59 bits per heavy atom. The number of aromatic amines is 1. The number of amides is 1. The minimum Gasteiger partial charge on any atom is -0.508 e. The Bertz CT molecular complexity index is 1090. The fraction of sp³-hybridized carbons (Fsp3) is 0.238. The van der Waals surface area contributed by atoms with E-state index >= 15 is 0 Å². The van der Waals surface area contributed by atoms with Crippen molar-refractivity contribution in [3.8, 4) is 17.1 Å². The number of aromatic hydroxyl groups is 1. The van der Waals surface area contributed by atoms with E-state index in [1.807, 2.05) is 0 Å². The van der Waals surface area contributed by atoms with Gasteiger partial charge in [0.25, 0.3) is 11.5 Å². The average Bonchev–Trinajstić information content (AvgIpc) is 2.76. The number of nitrogens with one attached hydrogen (secondary N) is 1. The van der Waals surface area contributed by atoms with Crippen LogP contribution in [0.1, 0.15) is 34.8 Å². The highest BCUT2D eigenvalue weighted by molar-refractivity contribution is 6.31. The van der Waals surface area contributed by atoms with Crippen LogP contribution in [-0.4, -0.2) is 44.0 Å². The van der Waals surface area contributed by atoms with E-state index in [1.54, 1.807) is 41.6 Å². The molecule has 7 nitrogen and oxygen atoms in total. The Labute approximate surface area is 172 Å². The first-order valence-corrected chi connectivity index (χ1v) is 9.69. The molecule has 3 aromatic rings. The van der Waals surface area contributed by atoms with Gasteiger partial charge in [-0.25, -0.2) is 4.98 Å². The van der Waals surface area contributed by atoms with Gasteiger partial charge in [0.1, 0.15) is 16.6 Å². The molecule has 0 bridgehead atoms. The zero-order chi connectivity index (χ0) is 20.4. The third kappa shape index (κ3) is 4.00. The Balaban J connectivity index is 1.53. The maximum absolute atomic E-state index is 12.7. The molecule has 148 valence electrons. The first-order chi connectivity index (χ1) is 14.0. The molecule has 2 aromatic heterocycles. The monoisotopic (exact) mass is 410 g/mol. The number of hydrogen-bond donors (Lipinski definition) is 2. The molecule has 1 fully saturated rings. The summed E-state index contributed by atoms with van der Waals surface area (Å²) >= 11 is 6.27. The lowest BCUT2D eigenvalue weighted by molar-refractivity contribution is 0.0711. The number of likely N-dealkylation sites (tertiary alicyclic amines) is 1. The van der Waals surface area contributed by atoms with E-state index in [2.05, 4.69) is 15.0 Å². The van der Waals surface area contributed by atoms with Gasteiger partial charge in [-0.2, -0.15) is 0 Å². The van der Waals surface area contributed by atoms with Crippen molar-refractivity contribution in [2.45, 2.75) is 18.8 Å². The van der Waals surface area contributed by atoms with Crippen molar-refractivity contribution in [3.05, 3.63) is 75.4 Å². The van der Waals surface area contributed by atoms with Crippen molar-refractivity contribution >= 4 is 17.5 Å². The van der Waals surface area contributed by atoms with Gasteiger partial charge in [0.05, 0.1) is 5.69 Å². The maximum Gasteiger partial charge on any atom is 0.270 e. The standard InChI is InChI=1S/C21H19ClN4O3/c22-17-18(24-19(25-20(17)28)14-4-8-23-9-5-14)13-6-10-26(11-7-13)21(29)15-2-1-3-16(27)12-15/h1-5,8-9,12-13,27H,6-7,10-11H2,(H,24,25,28). The summed E-state index contributed by atoms with van der Waals surface area (Å²) < 4.78 is 0. The largest absolute Gasteiger partial charge is 0.508 e. The molecule has 4 rings (SSSR count). The summed E-state index contributed by atoms with van der Waals surface area (Å²) in [6, 6.07) is 9.87. The molecule has 0 saturated carbocycles. The predicted octanol–water partition coefficient (Wildman–Crippen LogP) is 3.21. The minimum atomic E-state index is -0.373. The van der Waals surface area contributed by atoms with Gasteiger partial charge in [0.2, 0.25) is 0 Å². The number of rotatable bonds is 3. The summed E-state index contributed by atoms with van der Waals surface area (Å²) in [6.45, 7) is 1.04. The summed E-state index contributed by atoms with van der Waals surface area (Å²) in [7, 11) is 0. The SMILES string of the molecule is O=C(c1cccc(O)c1)N1CCC(c2nc(-c3ccncc3)[nH]c(=O)c2Cl)CC1. The summed E-state index contributed by atoms with van der Waals surface area (Å²) in [6.07, 6.45) is 4.57. The van der Waals surface area contributed by atoms with Gasteiger partial charge in [0.15, 0.2) is 0 Å². The lowest BCUT2D eigenvalue weighted by Gasteiger charge is -2.32. The lowest BCUT2D eigenvalue weighted by atomic mass is 9.92. The zero-order valence-corrected chi connectivity index (χ0v) is 16.3. The number of carbonyl (C=O) groups is 1. The molecule has 0 aliphatic carbocycles. The third-order valence-corrected chi connectivity index (χ3v) is 5.47. The number of nitrogens with zero attached hydrogens (tertiary/aromatic N) is 3. The first-order valence-electron chi connectivity index (χ1n) is 9.31. The van der Waals surface area contributed by atoms with E-state index in [9.17, 15) is 14.7 Å². The molecule has 1 aliphatic heterocycles. The molecule has 1 aliphatic rings. The Hall–Kier alpha value is -3.19. The molecule has 0 radical (unpaired) electrons. The maximum atomic E-state index is 12.7. The number of benzene rings is 1. The smallest absolute Gasteiger partial charge is 0.270 e. The van der Waals surface area contributed by atoms with Crippen molar-refractivity contribution in [2.24, 2.45) is 0 Å². The molecular weight excluding hydrogens is 392 g/mol. The third-order valence-electron chi connectivity index (χ3n) is 5.10. The Morgan fingerprint density at radius 2 is 1.90 bits per heavy atom. The van der Waals surface area contributed by atoms with E-state index in [-0.39, 0.29) is 28.2 Å². The second kappa shape index (κ2) is 8.05. The van der Waals surface area contributed by atoms with E-state index in [0.29, 0.717) is 43.0 Å². The number of pyridine rings is 1. The lowest BCUT2D eigenvalue weighted by Crippen LogP contribution is -2.38. The highest BCUT2D eigenvalue weighted by Gasteiger charge is 2.28. The number of halogens is 1. The van der Waals surface area contributed by atoms with Crippen LogP contribution in [0, 0.1) is 0 Å². The molecule has 29 heavy (non-hydrogen) atoms. The molecule has 1 aromatic carbocycles. The van der Waals surface area contributed by atoms with Crippen LogP contribution in [0.4, 0.5) is 0 Å². The van der Waals surface area contributed by atoms with Crippen molar-refractivity contribution < 1.29 is 9.90 Å². The molecule has 2 N–H and O–H groups in total. The summed E-state index contributed by atoms with van der Waals surface area (Å²) in [4.78, 5) is 38.1. The van der Waals surface area contributed by atoms with Crippen molar-refractivity contribution in [1.82, 2.24) is 19.9 Å². The van der Waals surface area contributed by atoms with Crippen LogP contribution < -0.4 is 5.56 Å². The number of piperidine rings is 1. The second-order valence-electron chi connectivity index (χ2n) is 6.97. The number of carbonyl (C=O) groups excluding carboxylic acids is 1. The van der Waals surface area contributed by atoms with Gasteiger partial charge in [-0.15, -0.1) is 0 Å². The van der Waals surface area contributed by atoms with Crippen LogP contribution in [0.5, 0.6) is 5.75 Å². The van der Waals surface area contributed by atoms with Crippen molar-refractivity contribution in [3.63, 3.8) is 0 Å². The van der Waals surface area contributed by atoms with Gasteiger partial charge in [-0.3, -0.25) is 14.6 Å². The highest BCUT2D eigenvalue weighted by Crippen LogP contribution is 2.31. The molecular formula is C21H19ClN4O3. The minimum absolute atomic E-state index is 0.0152. The first kappa shape index (κ1) is 19.1. The number of hydrogen-bond acceptors (Lipinski definition) is 5. The molecule has 1 saturated heterocycles. The molecule has 3 heterocycles. The highest BCUT2D eigenvalue weighted by atomic mass is 35.5. The average molecular weight is 411 g/mol. The summed E-state index contributed by atoms with van der Waals surface area (Å²) in [5.41, 5.74) is 1.40. The number of phenolic OH excluding ortho intramolecular Hbond substituents is 1. The van der Waals surface area contributed by atoms with E-state index in [1.165, 1.54) is 12.1 Å². The number of H-pyrrole nitrogens is 1. The van der Waals surface area contributed by atoms with Crippen molar-refractivity contribution in [1.29, 1.82) is 0 Å². The van der Waals surface area contributed by atoms with Gasteiger partial charge in [0, 0.05) is 42.5 Å². The van der Waals surface area contributed by atoms with E-state index in [0.717, 1.165) is 5.56 Å². The molecule has 1 amide bonds. The molecule has 0 spiro atoms. The van der Waals surface area contributed by atoms with Gasteiger partial charge >= 0.3 is 0 Å². The van der Waals surface area contributed by atoms with Crippen molar-refractivity contribution in [2.75, 3.05) is 13.1 Å². The van der Waals surface area contributed by atoms with E-state index < -0.39 is 0 Å². The second-order valence-corrected chi connectivity index (χ2v) is 7.34. The van der Waals surface area contributed by atoms with Crippen LogP contribution in [0.25, 0.3) is 11.4 Å². The normalized spacial score (nSPS) is 14.7. The topological polar surface area (TPSA) is 99.2 Å². The number of phenols is 1. The van der Waals surface area contributed by atoms with Gasteiger partial charge in [-0.1, -0.05) is 17.7 Å².